The zero-order valence-electron chi connectivity index (χ0n) is 9.80. The number of nitrogens with two attached hydrogens (primary N) is 1. The van der Waals surface area contributed by atoms with Crippen LogP contribution in [0.1, 0.15) is 6.23 Å². The van der Waals surface area contributed by atoms with Crippen LogP contribution in [0.25, 0.3) is 0 Å². The van der Waals surface area contributed by atoms with Gasteiger partial charge in [0.1, 0.15) is 18.0 Å². The highest BCUT2D eigenvalue weighted by molar-refractivity contribution is 5.24. The maximum absolute atomic E-state index is 11.7. The quantitative estimate of drug-likeness (QED) is 0.433. The zero-order chi connectivity index (χ0) is 14.2. The number of ether oxygens (including phenoxy) is 1. The summed E-state index contributed by atoms with van der Waals surface area (Å²) in [4.78, 5) is 15.1. The lowest BCUT2D eigenvalue weighted by atomic mass is 9.93. The van der Waals surface area contributed by atoms with Gasteiger partial charge in [0, 0.05) is 6.20 Å². The molecule has 0 saturated carbocycles. The van der Waals surface area contributed by atoms with Crippen LogP contribution in [0.5, 0.6) is 0 Å². The van der Waals surface area contributed by atoms with Gasteiger partial charge < -0.3 is 25.8 Å². The molecule has 2 rings (SSSR count). The molecule has 1 aliphatic heterocycles. The van der Waals surface area contributed by atoms with Crippen molar-refractivity contribution in [2.45, 2.75) is 24.0 Å². The van der Waals surface area contributed by atoms with Crippen molar-refractivity contribution in [1.29, 1.82) is 0 Å². The van der Waals surface area contributed by atoms with Gasteiger partial charge in [0.2, 0.25) is 0 Å². The molecule has 1 fully saturated rings. The Morgan fingerprint density at radius 2 is 2.37 bits per heavy atom. The van der Waals surface area contributed by atoms with E-state index in [4.69, 9.17) is 22.0 Å². The first-order valence-corrected chi connectivity index (χ1v) is 5.43. The first kappa shape index (κ1) is 13.5. The molecule has 8 heteroatoms. The number of hydrogen-bond donors (Lipinski definition) is 4. The Morgan fingerprint density at radius 3 is 2.84 bits per heavy atom. The summed E-state index contributed by atoms with van der Waals surface area (Å²) in [6, 6.07) is 1.33. The van der Waals surface area contributed by atoms with Gasteiger partial charge in [-0.1, -0.05) is 5.92 Å². The van der Waals surface area contributed by atoms with Crippen LogP contribution in [0, 0.1) is 12.3 Å². The van der Waals surface area contributed by atoms with E-state index < -0.39 is 36.3 Å². The number of anilines is 1. The molecule has 1 aromatic heterocycles. The number of nitrogens with zero attached hydrogens (tertiary/aromatic N) is 2. The summed E-state index contributed by atoms with van der Waals surface area (Å²) in [6.07, 6.45) is 2.37. The molecule has 102 valence electrons. The Bertz CT molecular complexity index is 580. The van der Waals surface area contributed by atoms with Crippen LogP contribution >= 0.6 is 0 Å². The van der Waals surface area contributed by atoms with Gasteiger partial charge in [-0.3, -0.25) is 4.57 Å². The van der Waals surface area contributed by atoms with E-state index >= 15 is 0 Å². The summed E-state index contributed by atoms with van der Waals surface area (Å²) >= 11 is 0. The molecule has 0 spiro atoms. The minimum Gasteiger partial charge on any atom is -0.394 e. The smallest absolute Gasteiger partial charge is 0.351 e. The van der Waals surface area contributed by atoms with Crippen LogP contribution in [-0.4, -0.2) is 49.3 Å². The van der Waals surface area contributed by atoms with Crippen LogP contribution in [0.2, 0.25) is 0 Å². The van der Waals surface area contributed by atoms with Crippen LogP contribution < -0.4 is 11.4 Å². The first-order chi connectivity index (χ1) is 8.93. The molecule has 5 N–H and O–H groups in total. The average molecular weight is 267 g/mol. The maximum atomic E-state index is 11.7. The van der Waals surface area contributed by atoms with E-state index in [1.54, 1.807) is 0 Å². The Kier molecular flexibility index (Phi) is 3.30. The van der Waals surface area contributed by atoms with E-state index in [1.807, 2.05) is 5.92 Å². The molecular formula is C11H13N3O5. The van der Waals surface area contributed by atoms with E-state index in [0.29, 0.717) is 0 Å². The van der Waals surface area contributed by atoms with E-state index in [0.717, 1.165) is 4.57 Å². The highest BCUT2D eigenvalue weighted by Gasteiger charge is 2.55. The fraction of sp³-hybridized carbons (Fsp3) is 0.455. The molecule has 1 aromatic rings. The zero-order valence-corrected chi connectivity index (χ0v) is 9.80. The third-order valence-electron chi connectivity index (χ3n) is 3.04. The van der Waals surface area contributed by atoms with Gasteiger partial charge in [-0.15, -0.1) is 6.42 Å². The molecule has 0 unspecified atom stereocenters. The normalized spacial score (nSPS) is 34.1. The molecule has 0 bridgehead atoms. The van der Waals surface area contributed by atoms with Crippen molar-refractivity contribution in [2.75, 3.05) is 12.3 Å². The Balaban J connectivity index is 2.43. The largest absolute Gasteiger partial charge is 0.394 e. The van der Waals surface area contributed by atoms with Crippen LogP contribution in [0.3, 0.4) is 0 Å². The van der Waals surface area contributed by atoms with E-state index in [2.05, 4.69) is 4.98 Å². The SMILES string of the molecule is C#C[C@]1(O)[C@H](CO)O[C@H](n2ccc(N)nc2=O)[C@H]1O. The van der Waals surface area contributed by atoms with Gasteiger partial charge in [0.25, 0.3) is 0 Å². The van der Waals surface area contributed by atoms with Crippen LogP contribution in [0.15, 0.2) is 17.1 Å². The van der Waals surface area contributed by atoms with Gasteiger partial charge in [-0.05, 0) is 6.07 Å². The third kappa shape index (κ3) is 1.98. The Hall–Kier alpha value is -1.92. The van der Waals surface area contributed by atoms with Gasteiger partial charge in [0.05, 0.1) is 6.61 Å². The van der Waals surface area contributed by atoms with Crippen LogP contribution in [0.4, 0.5) is 5.82 Å². The van der Waals surface area contributed by atoms with E-state index in [-0.39, 0.29) is 5.82 Å². The van der Waals surface area contributed by atoms with Gasteiger partial charge in [-0.25, -0.2) is 4.79 Å². The summed E-state index contributed by atoms with van der Waals surface area (Å²) in [5, 5.41) is 29.2. The maximum Gasteiger partial charge on any atom is 0.351 e. The average Bonchev–Trinajstić information content (AvgIpc) is 2.63. The lowest BCUT2D eigenvalue weighted by Gasteiger charge is -2.23. The fourth-order valence-corrected chi connectivity index (χ4v) is 1.95. The number of aliphatic hydroxyl groups is 3. The van der Waals surface area contributed by atoms with Gasteiger partial charge in [0.15, 0.2) is 11.8 Å². The Labute approximate surface area is 108 Å². The highest BCUT2D eigenvalue weighted by atomic mass is 16.6. The van der Waals surface area contributed by atoms with Crippen molar-refractivity contribution >= 4 is 5.82 Å². The second-order valence-electron chi connectivity index (χ2n) is 4.15. The molecule has 19 heavy (non-hydrogen) atoms. The molecule has 8 nitrogen and oxygen atoms in total. The lowest BCUT2D eigenvalue weighted by Crippen LogP contribution is -2.48. The molecule has 1 aliphatic rings. The second kappa shape index (κ2) is 4.64. The molecule has 0 radical (unpaired) electrons. The van der Waals surface area contributed by atoms with Crippen molar-refractivity contribution in [3.05, 3.63) is 22.7 Å². The Morgan fingerprint density at radius 1 is 1.68 bits per heavy atom. The van der Waals surface area contributed by atoms with Crippen molar-refractivity contribution in [2.24, 2.45) is 0 Å². The van der Waals surface area contributed by atoms with Gasteiger partial charge >= 0.3 is 5.69 Å². The first-order valence-electron chi connectivity index (χ1n) is 5.43. The fourth-order valence-electron chi connectivity index (χ4n) is 1.95. The minimum atomic E-state index is -2.08. The molecule has 2 heterocycles. The predicted octanol–water partition coefficient (Wildman–Crippen LogP) is -2.56. The molecule has 0 amide bonds. The number of aliphatic hydroxyl groups excluding tert-OH is 2. The molecule has 1 saturated heterocycles. The second-order valence-corrected chi connectivity index (χ2v) is 4.15. The minimum absolute atomic E-state index is 0.0136. The lowest BCUT2D eigenvalue weighted by molar-refractivity contribution is -0.0624. The number of nitrogen functional groups attached to an aromatic ring is 1. The van der Waals surface area contributed by atoms with Crippen molar-refractivity contribution in [3.63, 3.8) is 0 Å². The topological polar surface area (TPSA) is 131 Å². The van der Waals surface area contributed by atoms with E-state index in [1.165, 1.54) is 12.3 Å². The summed E-state index contributed by atoms with van der Waals surface area (Å²) in [7, 11) is 0. The monoisotopic (exact) mass is 267 g/mol. The van der Waals surface area contributed by atoms with Crippen molar-refractivity contribution < 1.29 is 20.1 Å². The summed E-state index contributed by atoms with van der Waals surface area (Å²) in [6.45, 7) is -0.606. The highest BCUT2D eigenvalue weighted by Crippen LogP contribution is 2.35. The van der Waals surface area contributed by atoms with Gasteiger partial charge in [-0.2, -0.15) is 4.98 Å². The number of rotatable bonds is 2. The molecular weight excluding hydrogens is 254 g/mol. The predicted molar refractivity (Wildman–Crippen MR) is 63.7 cm³/mol. The summed E-state index contributed by atoms with van der Waals surface area (Å²) in [5.41, 5.74) is 2.50. The number of aromatic nitrogens is 2. The van der Waals surface area contributed by atoms with Crippen molar-refractivity contribution in [1.82, 2.24) is 9.55 Å². The molecule has 0 aromatic carbocycles. The summed E-state index contributed by atoms with van der Waals surface area (Å²) < 4.78 is 6.17. The van der Waals surface area contributed by atoms with E-state index in [9.17, 15) is 15.0 Å². The van der Waals surface area contributed by atoms with Crippen molar-refractivity contribution in [3.8, 4) is 12.3 Å². The number of hydrogen-bond acceptors (Lipinski definition) is 7. The standard InChI is InChI=1S/C11H13N3O5/c1-2-11(18)6(5-15)19-9(8(11)16)14-4-3-7(12)13-10(14)17/h1,3-4,6,8-9,15-16,18H,5H2,(H2,12,13,17)/t6-,8+,9-,11-/m0/s1. The summed E-state index contributed by atoms with van der Waals surface area (Å²) in [5.74, 6) is 2.00. The molecule has 0 aliphatic carbocycles. The molecule has 4 atom stereocenters. The number of terminal acetylenes is 1. The van der Waals surface area contributed by atoms with Crippen LogP contribution in [-0.2, 0) is 4.74 Å². The third-order valence-corrected chi connectivity index (χ3v) is 3.04.